The maximum absolute atomic E-state index is 8.81. The molecule has 0 spiro atoms. The van der Waals surface area contributed by atoms with Gasteiger partial charge in [-0.2, -0.15) is 5.26 Å². The Hall–Kier alpha value is -2.28. The lowest BCUT2D eigenvalue weighted by molar-refractivity contribution is 0.613. The average molecular weight is 301 g/mol. The highest BCUT2D eigenvalue weighted by atomic mass is 35.5. The van der Waals surface area contributed by atoms with Gasteiger partial charge in [0.05, 0.1) is 18.8 Å². The van der Waals surface area contributed by atoms with E-state index in [-0.39, 0.29) is 12.4 Å². The molecular formula is C17H17ClN2O. The van der Waals surface area contributed by atoms with Crippen LogP contribution in [-0.2, 0) is 6.42 Å². The highest BCUT2D eigenvalue weighted by molar-refractivity contribution is 5.95. The van der Waals surface area contributed by atoms with Crippen LogP contribution in [0.25, 0.3) is 22.1 Å². The summed E-state index contributed by atoms with van der Waals surface area (Å²) < 4.78 is 5.64. The first-order valence-corrected chi connectivity index (χ1v) is 6.39. The lowest BCUT2D eigenvalue weighted by Crippen LogP contribution is -1.82. The van der Waals surface area contributed by atoms with Crippen LogP contribution in [0.15, 0.2) is 59.2 Å². The van der Waals surface area contributed by atoms with Crippen molar-refractivity contribution in [1.82, 2.24) is 0 Å². The van der Waals surface area contributed by atoms with E-state index in [4.69, 9.17) is 9.68 Å². The van der Waals surface area contributed by atoms with E-state index in [0.29, 0.717) is 6.42 Å². The molecular weight excluding hydrogens is 284 g/mol. The summed E-state index contributed by atoms with van der Waals surface area (Å²) in [6.07, 6.45) is 2.14. The molecule has 108 valence electrons. The van der Waals surface area contributed by atoms with Crippen molar-refractivity contribution in [3.8, 4) is 17.2 Å². The number of hydrogen-bond donors (Lipinski definition) is 1. The van der Waals surface area contributed by atoms with Gasteiger partial charge in [0.25, 0.3) is 0 Å². The number of hydrogen-bond acceptors (Lipinski definition) is 3. The maximum Gasteiger partial charge on any atom is 0.138 e. The summed E-state index contributed by atoms with van der Waals surface area (Å²) in [5.41, 5.74) is 8.46. The topological polar surface area (TPSA) is 63.0 Å². The average Bonchev–Trinajstić information content (AvgIpc) is 2.95. The fraction of sp³-hybridized carbons (Fsp3) is 0.118. The van der Waals surface area contributed by atoms with E-state index in [1.807, 2.05) is 36.4 Å². The molecule has 0 saturated heterocycles. The van der Waals surface area contributed by atoms with Crippen molar-refractivity contribution in [3.05, 3.63) is 60.4 Å². The van der Waals surface area contributed by atoms with Gasteiger partial charge in [0, 0.05) is 16.5 Å². The van der Waals surface area contributed by atoms with Gasteiger partial charge in [-0.15, -0.1) is 12.4 Å². The van der Waals surface area contributed by atoms with Gasteiger partial charge in [0.15, 0.2) is 0 Å². The van der Waals surface area contributed by atoms with Crippen LogP contribution < -0.4 is 5.73 Å². The molecule has 0 amide bonds. The molecule has 2 aromatic carbocycles. The fourth-order valence-corrected chi connectivity index (χ4v) is 2.18. The molecule has 0 aliphatic rings. The van der Waals surface area contributed by atoms with Crippen LogP contribution in [0, 0.1) is 11.3 Å². The van der Waals surface area contributed by atoms with E-state index in [2.05, 4.69) is 23.9 Å². The van der Waals surface area contributed by atoms with E-state index >= 15 is 0 Å². The lowest BCUT2D eigenvalue weighted by Gasteiger charge is -1.99. The summed E-state index contributed by atoms with van der Waals surface area (Å²) in [5.74, 6) is 0. The van der Waals surface area contributed by atoms with Crippen molar-refractivity contribution in [2.75, 3.05) is 7.05 Å². The minimum Gasteiger partial charge on any atom is -0.463 e. The smallest absolute Gasteiger partial charge is 0.138 e. The second-order valence-corrected chi connectivity index (χ2v) is 4.14. The Balaban J connectivity index is 0.000000706. The number of nitriles is 1. The zero-order valence-electron chi connectivity index (χ0n) is 11.7. The standard InChI is InChI=1S/C16H11NO.CH5N.ClH/c17-10-9-13-7-4-8-14-15(11-18-16(13)14)12-5-2-1-3-6-12;1-2;/h1-8,11H,9H2;2H2,1H3;1H. The third-order valence-electron chi connectivity index (χ3n) is 3.04. The Bertz CT molecular complexity index is 729. The van der Waals surface area contributed by atoms with Crippen molar-refractivity contribution in [2.45, 2.75) is 6.42 Å². The van der Waals surface area contributed by atoms with Crippen LogP contribution in [0.4, 0.5) is 0 Å². The number of rotatable bonds is 2. The van der Waals surface area contributed by atoms with Crippen molar-refractivity contribution in [1.29, 1.82) is 5.26 Å². The van der Waals surface area contributed by atoms with Gasteiger partial charge < -0.3 is 10.2 Å². The van der Waals surface area contributed by atoms with Crippen LogP contribution in [-0.4, -0.2) is 7.05 Å². The molecule has 0 radical (unpaired) electrons. The van der Waals surface area contributed by atoms with Crippen LogP contribution in [0.3, 0.4) is 0 Å². The summed E-state index contributed by atoms with van der Waals surface area (Å²) in [4.78, 5) is 0. The fourth-order valence-electron chi connectivity index (χ4n) is 2.18. The third kappa shape index (κ3) is 3.43. The molecule has 1 aromatic heterocycles. The van der Waals surface area contributed by atoms with Crippen LogP contribution >= 0.6 is 12.4 Å². The first-order chi connectivity index (χ1) is 9.90. The van der Waals surface area contributed by atoms with Crippen LogP contribution in [0.5, 0.6) is 0 Å². The molecule has 0 fully saturated rings. The summed E-state index contributed by atoms with van der Waals surface area (Å²) >= 11 is 0. The molecule has 0 aliphatic carbocycles. The Morgan fingerprint density at radius 2 is 1.76 bits per heavy atom. The SMILES string of the molecule is CN.Cl.N#CCc1cccc2c(-c3ccccc3)coc12. The van der Waals surface area contributed by atoms with Crippen LogP contribution in [0.1, 0.15) is 5.56 Å². The zero-order chi connectivity index (χ0) is 14.4. The van der Waals surface area contributed by atoms with Crippen molar-refractivity contribution in [2.24, 2.45) is 5.73 Å². The molecule has 3 nitrogen and oxygen atoms in total. The lowest BCUT2D eigenvalue weighted by atomic mass is 10.0. The maximum atomic E-state index is 8.81. The number of halogens is 1. The number of nitrogens with two attached hydrogens (primary N) is 1. The van der Waals surface area contributed by atoms with Gasteiger partial charge >= 0.3 is 0 Å². The first-order valence-electron chi connectivity index (χ1n) is 6.39. The molecule has 1 heterocycles. The monoisotopic (exact) mass is 300 g/mol. The van der Waals surface area contributed by atoms with Crippen molar-refractivity contribution in [3.63, 3.8) is 0 Å². The molecule has 0 aliphatic heterocycles. The molecule has 0 atom stereocenters. The van der Waals surface area contributed by atoms with E-state index < -0.39 is 0 Å². The van der Waals surface area contributed by atoms with Crippen molar-refractivity contribution >= 4 is 23.4 Å². The van der Waals surface area contributed by atoms with Gasteiger partial charge in [0.1, 0.15) is 5.58 Å². The third-order valence-corrected chi connectivity index (χ3v) is 3.04. The molecule has 2 N–H and O–H groups in total. The summed E-state index contributed by atoms with van der Waals surface area (Å²) in [6, 6.07) is 18.2. The Labute approximate surface area is 130 Å². The molecule has 0 bridgehead atoms. The minimum absolute atomic E-state index is 0. The number of para-hydroxylation sites is 1. The molecule has 0 unspecified atom stereocenters. The highest BCUT2D eigenvalue weighted by Gasteiger charge is 2.10. The molecule has 0 saturated carbocycles. The minimum atomic E-state index is 0. The molecule has 3 aromatic rings. The van der Waals surface area contributed by atoms with E-state index in [1.54, 1.807) is 6.26 Å². The second kappa shape index (κ2) is 8.11. The Morgan fingerprint density at radius 3 is 2.43 bits per heavy atom. The summed E-state index contributed by atoms with van der Waals surface area (Å²) in [6.45, 7) is 0. The highest BCUT2D eigenvalue weighted by Crippen LogP contribution is 2.32. The van der Waals surface area contributed by atoms with Crippen LogP contribution in [0.2, 0.25) is 0 Å². The predicted molar refractivity (Wildman–Crippen MR) is 88.3 cm³/mol. The predicted octanol–water partition coefficient (Wildman–Crippen LogP) is 4.16. The van der Waals surface area contributed by atoms with Gasteiger partial charge in [-0.25, -0.2) is 0 Å². The number of nitrogens with zero attached hydrogens (tertiary/aromatic N) is 1. The van der Waals surface area contributed by atoms with Crippen molar-refractivity contribution < 1.29 is 4.42 Å². The molecule has 3 rings (SSSR count). The molecule has 4 heteroatoms. The van der Waals surface area contributed by atoms with Gasteiger partial charge in [-0.1, -0.05) is 48.5 Å². The Kier molecular flexibility index (Phi) is 6.48. The van der Waals surface area contributed by atoms with Gasteiger partial charge in [0.2, 0.25) is 0 Å². The summed E-state index contributed by atoms with van der Waals surface area (Å²) in [5, 5.41) is 9.88. The number of fused-ring (bicyclic) bond motifs is 1. The van der Waals surface area contributed by atoms with Gasteiger partial charge in [-0.05, 0) is 12.6 Å². The Morgan fingerprint density at radius 1 is 1.05 bits per heavy atom. The number of benzene rings is 2. The normalized spacial score (nSPS) is 9.19. The van der Waals surface area contributed by atoms with E-state index in [9.17, 15) is 0 Å². The number of furan rings is 1. The van der Waals surface area contributed by atoms with Gasteiger partial charge in [-0.3, -0.25) is 0 Å². The second-order valence-electron chi connectivity index (χ2n) is 4.14. The summed E-state index contributed by atoms with van der Waals surface area (Å²) in [7, 11) is 1.50. The molecule has 21 heavy (non-hydrogen) atoms. The largest absolute Gasteiger partial charge is 0.463 e. The quantitative estimate of drug-likeness (QED) is 0.773. The zero-order valence-corrected chi connectivity index (χ0v) is 12.6. The first kappa shape index (κ1) is 16.8. The van der Waals surface area contributed by atoms with E-state index in [1.165, 1.54) is 7.05 Å². The van der Waals surface area contributed by atoms with E-state index in [0.717, 1.165) is 27.7 Å².